The zero-order valence-corrected chi connectivity index (χ0v) is 12.1. The molecule has 19 heavy (non-hydrogen) atoms. The van der Waals surface area contributed by atoms with Gasteiger partial charge in [-0.2, -0.15) is 0 Å². The second-order valence-electron chi connectivity index (χ2n) is 6.71. The van der Waals surface area contributed by atoms with E-state index < -0.39 is 0 Å². The summed E-state index contributed by atoms with van der Waals surface area (Å²) in [5.41, 5.74) is 0.165. The highest BCUT2D eigenvalue weighted by Crippen LogP contribution is 2.35. The van der Waals surface area contributed by atoms with Gasteiger partial charge in [0.25, 0.3) is 0 Å². The lowest BCUT2D eigenvalue weighted by Crippen LogP contribution is -2.41. The molecule has 1 N–H and O–H groups in total. The van der Waals surface area contributed by atoms with Crippen molar-refractivity contribution >= 4 is 0 Å². The summed E-state index contributed by atoms with van der Waals surface area (Å²) >= 11 is 0. The van der Waals surface area contributed by atoms with Crippen LogP contribution in [-0.4, -0.2) is 34.5 Å². The fourth-order valence-electron chi connectivity index (χ4n) is 3.13. The third-order valence-corrected chi connectivity index (χ3v) is 4.20. The minimum absolute atomic E-state index is 0.165. The maximum absolute atomic E-state index is 5.45. The lowest BCUT2D eigenvalue weighted by molar-refractivity contribution is 0.0823. The Morgan fingerprint density at radius 3 is 2.53 bits per heavy atom. The van der Waals surface area contributed by atoms with Gasteiger partial charge in [0.15, 0.2) is 5.82 Å². The van der Waals surface area contributed by atoms with Gasteiger partial charge >= 0.3 is 0 Å². The van der Waals surface area contributed by atoms with Crippen molar-refractivity contribution in [1.82, 2.24) is 20.1 Å². The molecule has 0 bridgehead atoms. The van der Waals surface area contributed by atoms with E-state index in [-0.39, 0.29) is 5.41 Å². The molecule has 3 heterocycles. The van der Waals surface area contributed by atoms with Gasteiger partial charge in [0.2, 0.25) is 0 Å². The third-order valence-electron chi connectivity index (χ3n) is 4.20. The molecule has 106 valence electrons. The predicted molar refractivity (Wildman–Crippen MR) is 73.0 cm³/mol. The first-order valence-electron chi connectivity index (χ1n) is 7.31. The number of nitrogens with one attached hydrogen (secondary N) is 1. The lowest BCUT2D eigenvalue weighted by atomic mass is 9.85. The molecule has 3 rings (SSSR count). The van der Waals surface area contributed by atoms with Crippen molar-refractivity contribution in [2.45, 2.75) is 52.1 Å². The van der Waals surface area contributed by atoms with Crippen LogP contribution in [0.2, 0.25) is 0 Å². The number of rotatable bonds is 1. The van der Waals surface area contributed by atoms with E-state index >= 15 is 0 Å². The second kappa shape index (κ2) is 4.87. The molecular formula is C14H24N4O. The maximum Gasteiger partial charge on any atom is 0.150 e. The van der Waals surface area contributed by atoms with E-state index in [4.69, 9.17) is 4.74 Å². The molecule has 0 radical (unpaired) electrons. The molecule has 2 aliphatic heterocycles. The van der Waals surface area contributed by atoms with Crippen molar-refractivity contribution in [3.8, 4) is 0 Å². The molecule has 0 spiro atoms. The molecule has 0 aliphatic carbocycles. The maximum atomic E-state index is 5.45. The summed E-state index contributed by atoms with van der Waals surface area (Å²) < 4.78 is 7.80. The van der Waals surface area contributed by atoms with Crippen LogP contribution in [0, 0.1) is 5.41 Å². The highest BCUT2D eigenvalue weighted by molar-refractivity contribution is 5.11. The molecular weight excluding hydrogens is 240 g/mol. The van der Waals surface area contributed by atoms with Crippen molar-refractivity contribution in [1.29, 1.82) is 0 Å². The first kappa shape index (κ1) is 13.1. The first-order chi connectivity index (χ1) is 9.07. The highest BCUT2D eigenvalue weighted by Gasteiger charge is 2.35. The van der Waals surface area contributed by atoms with Gasteiger partial charge in [-0.25, -0.2) is 0 Å². The van der Waals surface area contributed by atoms with Crippen molar-refractivity contribution < 1.29 is 4.74 Å². The summed E-state index contributed by atoms with van der Waals surface area (Å²) in [7, 11) is 0. The predicted octanol–water partition coefficient (Wildman–Crippen LogP) is 1.86. The molecule has 1 aromatic rings. The normalized spacial score (nSPS) is 25.3. The number of hydrogen-bond donors (Lipinski definition) is 1. The molecule has 0 saturated carbocycles. The molecule has 1 aromatic heterocycles. The second-order valence-corrected chi connectivity index (χ2v) is 6.71. The molecule has 5 nitrogen and oxygen atoms in total. The Bertz CT molecular complexity index is 443. The standard InChI is InChI=1S/C14H24N4O/c1-14(2,3)11-13-17-16-12(18(13)7-6-15-11)10-4-8-19-9-5-10/h10-11,15H,4-9H2,1-3H3. The van der Waals surface area contributed by atoms with Gasteiger partial charge in [0.05, 0.1) is 6.04 Å². The van der Waals surface area contributed by atoms with Gasteiger partial charge in [-0.15, -0.1) is 10.2 Å². The summed E-state index contributed by atoms with van der Waals surface area (Å²) in [6.07, 6.45) is 2.15. The summed E-state index contributed by atoms with van der Waals surface area (Å²) in [4.78, 5) is 0. The Balaban J connectivity index is 1.91. The minimum atomic E-state index is 0.165. The van der Waals surface area contributed by atoms with Crippen molar-refractivity contribution in [3.63, 3.8) is 0 Å². The van der Waals surface area contributed by atoms with Gasteiger partial charge in [-0.05, 0) is 18.3 Å². The molecule has 1 fully saturated rings. The molecule has 2 aliphatic rings. The number of fused-ring (bicyclic) bond motifs is 1. The average Bonchev–Trinajstić information content (AvgIpc) is 2.82. The van der Waals surface area contributed by atoms with Crippen LogP contribution in [0.3, 0.4) is 0 Å². The molecule has 1 atom stereocenters. The van der Waals surface area contributed by atoms with E-state index in [1.807, 2.05) is 0 Å². The van der Waals surface area contributed by atoms with Crippen LogP contribution < -0.4 is 5.32 Å². The van der Waals surface area contributed by atoms with E-state index in [1.165, 1.54) is 5.82 Å². The van der Waals surface area contributed by atoms with Gasteiger partial charge < -0.3 is 14.6 Å². The zero-order chi connectivity index (χ0) is 13.5. The Morgan fingerprint density at radius 1 is 1.16 bits per heavy atom. The Morgan fingerprint density at radius 2 is 1.84 bits per heavy atom. The van der Waals surface area contributed by atoms with E-state index in [0.717, 1.165) is 45.0 Å². The number of ether oxygens (including phenoxy) is 1. The molecule has 1 unspecified atom stereocenters. The van der Waals surface area contributed by atoms with Gasteiger partial charge in [-0.3, -0.25) is 0 Å². The fourth-order valence-corrected chi connectivity index (χ4v) is 3.13. The van der Waals surface area contributed by atoms with Crippen LogP contribution in [-0.2, 0) is 11.3 Å². The van der Waals surface area contributed by atoms with Crippen molar-refractivity contribution in [2.24, 2.45) is 5.41 Å². The van der Waals surface area contributed by atoms with E-state index in [2.05, 4.69) is 40.9 Å². The van der Waals surface area contributed by atoms with Crippen LogP contribution in [0.25, 0.3) is 0 Å². The highest BCUT2D eigenvalue weighted by atomic mass is 16.5. The van der Waals surface area contributed by atoms with Crippen molar-refractivity contribution in [3.05, 3.63) is 11.6 Å². The number of hydrogen-bond acceptors (Lipinski definition) is 4. The average molecular weight is 264 g/mol. The minimum Gasteiger partial charge on any atom is -0.381 e. The van der Waals surface area contributed by atoms with Crippen LogP contribution >= 0.6 is 0 Å². The van der Waals surface area contributed by atoms with E-state index in [9.17, 15) is 0 Å². The summed E-state index contributed by atoms with van der Waals surface area (Å²) in [5, 5.41) is 12.6. The topological polar surface area (TPSA) is 52.0 Å². The van der Waals surface area contributed by atoms with Gasteiger partial charge in [0.1, 0.15) is 5.82 Å². The fraction of sp³-hybridized carbons (Fsp3) is 0.857. The lowest BCUT2D eigenvalue weighted by Gasteiger charge is -2.35. The van der Waals surface area contributed by atoms with Crippen LogP contribution in [0.1, 0.15) is 57.2 Å². The number of nitrogens with zero attached hydrogens (tertiary/aromatic N) is 3. The summed E-state index contributed by atoms with van der Waals surface area (Å²) in [6, 6.07) is 0.294. The SMILES string of the molecule is CC(C)(C)C1NCCn2c(C3CCOCC3)nnc21. The number of aromatic nitrogens is 3. The third kappa shape index (κ3) is 2.41. The molecule has 0 amide bonds. The van der Waals surface area contributed by atoms with Crippen LogP contribution in [0.15, 0.2) is 0 Å². The quantitative estimate of drug-likeness (QED) is 0.841. The summed E-state index contributed by atoms with van der Waals surface area (Å²) in [5.74, 6) is 2.81. The van der Waals surface area contributed by atoms with Crippen LogP contribution in [0.4, 0.5) is 0 Å². The van der Waals surface area contributed by atoms with Crippen molar-refractivity contribution in [2.75, 3.05) is 19.8 Å². The monoisotopic (exact) mass is 264 g/mol. The molecule has 5 heteroatoms. The zero-order valence-electron chi connectivity index (χ0n) is 12.1. The van der Waals surface area contributed by atoms with E-state index in [0.29, 0.717) is 12.0 Å². The first-order valence-corrected chi connectivity index (χ1v) is 7.31. The van der Waals surface area contributed by atoms with E-state index in [1.54, 1.807) is 0 Å². The largest absolute Gasteiger partial charge is 0.381 e. The molecule has 1 saturated heterocycles. The Kier molecular flexibility index (Phi) is 3.35. The molecule has 0 aromatic carbocycles. The van der Waals surface area contributed by atoms with Crippen LogP contribution in [0.5, 0.6) is 0 Å². The Hall–Kier alpha value is -0.940. The Labute approximate surface area is 114 Å². The van der Waals surface area contributed by atoms with Gasteiger partial charge in [-0.1, -0.05) is 20.8 Å². The van der Waals surface area contributed by atoms with Gasteiger partial charge in [0, 0.05) is 32.2 Å². The smallest absolute Gasteiger partial charge is 0.150 e. The summed E-state index contributed by atoms with van der Waals surface area (Å²) in [6.45, 7) is 10.5.